The number of benzene rings is 1. The average Bonchev–Trinajstić information content (AvgIpc) is 2.39. The Bertz CT molecular complexity index is 373. The summed E-state index contributed by atoms with van der Waals surface area (Å²) in [4.78, 5) is 0. The van der Waals surface area contributed by atoms with Gasteiger partial charge in [0.25, 0.3) is 0 Å². The van der Waals surface area contributed by atoms with E-state index in [9.17, 15) is 0 Å². The summed E-state index contributed by atoms with van der Waals surface area (Å²) >= 11 is 12.1. The quantitative estimate of drug-likeness (QED) is 0.692. The van der Waals surface area contributed by atoms with Crippen LogP contribution >= 0.6 is 23.2 Å². The summed E-state index contributed by atoms with van der Waals surface area (Å²) in [7, 11) is 0. The highest BCUT2D eigenvalue weighted by Crippen LogP contribution is 2.34. The maximum atomic E-state index is 6.14. The fourth-order valence-corrected chi connectivity index (χ4v) is 2.64. The highest BCUT2D eigenvalue weighted by atomic mass is 35.5. The lowest BCUT2D eigenvalue weighted by Gasteiger charge is -2.33. The molecule has 18 heavy (non-hydrogen) atoms. The van der Waals surface area contributed by atoms with Gasteiger partial charge in [-0.15, -0.1) is 0 Å². The van der Waals surface area contributed by atoms with Crippen LogP contribution in [0.5, 0.6) is 0 Å². The number of nitrogens with one attached hydrogen (secondary N) is 1. The molecule has 0 radical (unpaired) electrons. The molecule has 0 bridgehead atoms. The first-order valence-electron chi connectivity index (χ1n) is 6.76. The summed E-state index contributed by atoms with van der Waals surface area (Å²) in [6.07, 6.45) is 3.35. The molecule has 1 nitrogen and oxygen atoms in total. The van der Waals surface area contributed by atoms with Gasteiger partial charge in [0, 0.05) is 12.0 Å². The molecule has 0 saturated carbocycles. The van der Waals surface area contributed by atoms with Crippen LogP contribution in [-0.2, 0) is 5.41 Å². The largest absolute Gasteiger partial charge is 0.316 e. The molecule has 0 aliphatic carbocycles. The number of hydrogen-bond donors (Lipinski definition) is 1. The molecule has 0 heterocycles. The zero-order valence-corrected chi connectivity index (χ0v) is 13.0. The van der Waals surface area contributed by atoms with E-state index in [-0.39, 0.29) is 5.41 Å². The maximum absolute atomic E-state index is 6.14. The molecule has 1 N–H and O–H groups in total. The summed E-state index contributed by atoms with van der Waals surface area (Å²) in [5.41, 5.74) is 1.44. The van der Waals surface area contributed by atoms with Gasteiger partial charge in [-0.3, -0.25) is 0 Å². The van der Waals surface area contributed by atoms with Gasteiger partial charge >= 0.3 is 0 Å². The van der Waals surface area contributed by atoms with Crippen LogP contribution in [0.25, 0.3) is 0 Å². The van der Waals surface area contributed by atoms with Crippen molar-refractivity contribution in [2.24, 2.45) is 0 Å². The van der Waals surface area contributed by atoms with Crippen LogP contribution in [0.4, 0.5) is 0 Å². The first-order valence-corrected chi connectivity index (χ1v) is 7.51. The molecule has 0 amide bonds. The van der Waals surface area contributed by atoms with Crippen molar-refractivity contribution in [3.8, 4) is 0 Å². The molecule has 1 aromatic rings. The second-order valence-electron chi connectivity index (χ2n) is 4.79. The van der Waals surface area contributed by atoms with Crippen LogP contribution in [-0.4, -0.2) is 13.1 Å². The van der Waals surface area contributed by atoms with Crippen LogP contribution in [0.1, 0.15) is 45.6 Å². The van der Waals surface area contributed by atoms with E-state index in [1.165, 1.54) is 5.56 Å². The lowest BCUT2D eigenvalue weighted by Crippen LogP contribution is -2.37. The zero-order chi connectivity index (χ0) is 13.6. The van der Waals surface area contributed by atoms with Crippen LogP contribution in [0.15, 0.2) is 18.2 Å². The van der Waals surface area contributed by atoms with Crippen LogP contribution in [0.2, 0.25) is 10.0 Å². The van der Waals surface area contributed by atoms with Crippen molar-refractivity contribution in [3.63, 3.8) is 0 Å². The third kappa shape index (κ3) is 3.63. The fraction of sp³-hybridized carbons (Fsp3) is 0.600. The molecule has 0 saturated heterocycles. The minimum Gasteiger partial charge on any atom is -0.316 e. The highest BCUT2D eigenvalue weighted by molar-refractivity contribution is 6.42. The zero-order valence-electron chi connectivity index (χ0n) is 11.5. The van der Waals surface area contributed by atoms with Crippen LogP contribution in [0, 0.1) is 0 Å². The van der Waals surface area contributed by atoms with Gasteiger partial charge in [0.15, 0.2) is 0 Å². The van der Waals surface area contributed by atoms with E-state index in [4.69, 9.17) is 23.2 Å². The minimum atomic E-state index is 0.156. The number of hydrogen-bond acceptors (Lipinski definition) is 1. The van der Waals surface area contributed by atoms with Crippen LogP contribution < -0.4 is 5.32 Å². The van der Waals surface area contributed by atoms with Crippen molar-refractivity contribution < 1.29 is 0 Å². The second kappa shape index (κ2) is 7.37. The molecule has 102 valence electrons. The molecule has 0 aromatic heterocycles. The Labute approximate surface area is 121 Å². The summed E-state index contributed by atoms with van der Waals surface area (Å²) in [6, 6.07) is 6.03. The van der Waals surface area contributed by atoms with Crippen molar-refractivity contribution in [2.45, 2.75) is 45.4 Å². The summed E-state index contributed by atoms with van der Waals surface area (Å²) in [5.74, 6) is 0. The predicted molar refractivity (Wildman–Crippen MR) is 81.9 cm³/mol. The Morgan fingerprint density at radius 2 is 1.72 bits per heavy atom. The van der Waals surface area contributed by atoms with E-state index in [1.54, 1.807) is 0 Å². The lowest BCUT2D eigenvalue weighted by molar-refractivity contribution is 0.369. The Morgan fingerprint density at radius 3 is 2.22 bits per heavy atom. The van der Waals surface area contributed by atoms with Gasteiger partial charge in [0.05, 0.1) is 10.0 Å². The molecule has 0 atom stereocenters. The van der Waals surface area contributed by atoms with Crippen molar-refractivity contribution in [1.29, 1.82) is 0 Å². The molecule has 0 spiro atoms. The van der Waals surface area contributed by atoms with Gasteiger partial charge < -0.3 is 5.32 Å². The molecule has 0 aliphatic heterocycles. The number of rotatable bonds is 7. The maximum Gasteiger partial charge on any atom is 0.0595 e. The van der Waals surface area contributed by atoms with E-state index in [0.29, 0.717) is 10.0 Å². The second-order valence-corrected chi connectivity index (χ2v) is 5.61. The lowest BCUT2D eigenvalue weighted by atomic mass is 9.76. The van der Waals surface area contributed by atoms with Gasteiger partial charge in [-0.2, -0.15) is 0 Å². The normalized spacial score (nSPS) is 11.8. The minimum absolute atomic E-state index is 0.156. The Kier molecular flexibility index (Phi) is 6.48. The first kappa shape index (κ1) is 15.8. The fourth-order valence-electron chi connectivity index (χ4n) is 2.34. The smallest absolute Gasteiger partial charge is 0.0595 e. The summed E-state index contributed by atoms with van der Waals surface area (Å²) in [5, 5.41) is 4.81. The van der Waals surface area contributed by atoms with Crippen molar-refractivity contribution in [2.75, 3.05) is 13.1 Å². The van der Waals surface area contributed by atoms with E-state index >= 15 is 0 Å². The Balaban J connectivity index is 2.97. The molecular weight excluding hydrogens is 265 g/mol. The van der Waals surface area contributed by atoms with Gasteiger partial charge in [-0.05, 0) is 43.5 Å². The molecular formula is C15H23Cl2N. The van der Waals surface area contributed by atoms with Gasteiger partial charge in [0.2, 0.25) is 0 Å². The van der Waals surface area contributed by atoms with Gasteiger partial charge in [-0.1, -0.05) is 50.0 Å². The molecule has 3 heteroatoms. The van der Waals surface area contributed by atoms with E-state index in [2.05, 4.69) is 32.2 Å². The standard InChI is InChI=1S/C15H23Cl2N/c1-4-9-18-11-15(5-2,6-3)12-7-8-13(16)14(17)10-12/h7-8,10,18H,4-6,9,11H2,1-3H3. The molecule has 0 fully saturated rings. The molecule has 0 aliphatic rings. The van der Waals surface area contributed by atoms with E-state index in [1.807, 2.05) is 12.1 Å². The monoisotopic (exact) mass is 287 g/mol. The van der Waals surface area contributed by atoms with E-state index in [0.717, 1.165) is 32.4 Å². The van der Waals surface area contributed by atoms with Crippen molar-refractivity contribution in [1.82, 2.24) is 5.32 Å². The summed E-state index contributed by atoms with van der Waals surface area (Å²) in [6.45, 7) is 8.71. The van der Waals surface area contributed by atoms with Crippen molar-refractivity contribution >= 4 is 23.2 Å². The predicted octanol–water partition coefficient (Wildman–Crippen LogP) is 5.05. The highest BCUT2D eigenvalue weighted by Gasteiger charge is 2.28. The van der Waals surface area contributed by atoms with Crippen molar-refractivity contribution in [3.05, 3.63) is 33.8 Å². The Hall–Kier alpha value is -0.240. The average molecular weight is 288 g/mol. The van der Waals surface area contributed by atoms with E-state index < -0.39 is 0 Å². The topological polar surface area (TPSA) is 12.0 Å². The molecule has 1 rings (SSSR count). The van der Waals surface area contributed by atoms with Crippen LogP contribution in [0.3, 0.4) is 0 Å². The number of halogens is 2. The molecule has 0 unspecified atom stereocenters. The molecule has 1 aromatic carbocycles. The first-order chi connectivity index (χ1) is 8.59. The third-order valence-electron chi connectivity index (χ3n) is 3.78. The van der Waals surface area contributed by atoms with Gasteiger partial charge in [-0.25, -0.2) is 0 Å². The third-order valence-corrected chi connectivity index (χ3v) is 4.51. The van der Waals surface area contributed by atoms with Gasteiger partial charge in [0.1, 0.15) is 0 Å². The summed E-state index contributed by atoms with van der Waals surface area (Å²) < 4.78 is 0. The Morgan fingerprint density at radius 1 is 1.06 bits per heavy atom. The SMILES string of the molecule is CCCNCC(CC)(CC)c1ccc(Cl)c(Cl)c1.